The highest BCUT2D eigenvalue weighted by Gasteiger charge is 2.46. The van der Waals surface area contributed by atoms with Crippen LogP contribution in [0.2, 0.25) is 30.8 Å². The third kappa shape index (κ3) is 6.59. The molecule has 0 bridgehead atoms. The molecule has 0 aliphatic carbocycles. The second-order valence-corrected chi connectivity index (χ2v) is 14.0. The van der Waals surface area contributed by atoms with E-state index in [9.17, 15) is 22.8 Å². The fourth-order valence-corrected chi connectivity index (χ4v) is 11.8. The fourth-order valence-electron chi connectivity index (χ4n) is 2.28. The maximum atomic E-state index is 12.2. The van der Waals surface area contributed by atoms with Crippen LogP contribution in [0.4, 0.5) is 13.2 Å². The molecular weight excluding hydrogens is 265 g/mol. The number of alkyl halides is 3. The molecule has 2 nitrogen and oxygen atoms in total. The molecule has 0 aromatic rings. The molecule has 0 fully saturated rings. The highest BCUT2D eigenvalue weighted by molar-refractivity contribution is 6.91. The summed E-state index contributed by atoms with van der Waals surface area (Å²) in [6, 6.07) is -0.210. The van der Waals surface area contributed by atoms with Gasteiger partial charge in [0.2, 0.25) is 0 Å². The van der Waals surface area contributed by atoms with Crippen LogP contribution < -0.4 is 0 Å². The molecule has 2 atom stereocenters. The minimum atomic E-state index is -4.23. The van der Waals surface area contributed by atoms with Gasteiger partial charge in [0.25, 0.3) is 0 Å². The van der Waals surface area contributed by atoms with Crippen molar-refractivity contribution in [2.75, 3.05) is 0 Å². The Balaban J connectivity index is 4.72. The highest BCUT2D eigenvalue weighted by atomic mass is 28.4. The molecule has 7 heteroatoms. The average molecular weight is 288 g/mol. The van der Waals surface area contributed by atoms with Gasteiger partial charge in [0.1, 0.15) is 0 Å². The van der Waals surface area contributed by atoms with Gasteiger partial charge in [-0.3, -0.25) is 0 Å². The van der Waals surface area contributed by atoms with Gasteiger partial charge < -0.3 is 9.59 Å². The SMILES string of the molecule is CCCC([Si](C)(C)O)[Si](C)(O)CCC(F)(F)F. The molecule has 0 spiro atoms. The zero-order chi connectivity index (χ0) is 13.9. The number of rotatable bonds is 6. The Morgan fingerprint density at radius 1 is 1.12 bits per heavy atom. The first kappa shape index (κ1) is 17.1. The molecule has 2 N–H and O–H groups in total. The summed E-state index contributed by atoms with van der Waals surface area (Å²) in [5.41, 5.74) is 0. The van der Waals surface area contributed by atoms with Gasteiger partial charge in [0.15, 0.2) is 16.6 Å². The van der Waals surface area contributed by atoms with Crippen molar-refractivity contribution < 1.29 is 22.8 Å². The van der Waals surface area contributed by atoms with E-state index in [4.69, 9.17) is 0 Å². The monoisotopic (exact) mass is 288 g/mol. The molecule has 0 aliphatic rings. The first-order chi connectivity index (χ1) is 7.40. The van der Waals surface area contributed by atoms with E-state index in [1.807, 2.05) is 6.92 Å². The Morgan fingerprint density at radius 2 is 1.59 bits per heavy atom. The Morgan fingerprint density at radius 3 is 1.88 bits per heavy atom. The van der Waals surface area contributed by atoms with E-state index < -0.39 is 29.2 Å². The normalized spacial score (nSPS) is 18.9. The Hall–Kier alpha value is 0.144. The van der Waals surface area contributed by atoms with Crippen molar-refractivity contribution in [3.05, 3.63) is 0 Å². The first-order valence-corrected chi connectivity index (χ1v) is 11.7. The van der Waals surface area contributed by atoms with Crippen LogP contribution in [0.1, 0.15) is 26.2 Å². The molecule has 2 unspecified atom stereocenters. The predicted molar refractivity (Wildman–Crippen MR) is 67.7 cm³/mol. The quantitative estimate of drug-likeness (QED) is 0.735. The second kappa shape index (κ2) is 5.86. The van der Waals surface area contributed by atoms with Crippen LogP contribution in [0.3, 0.4) is 0 Å². The van der Waals surface area contributed by atoms with Crippen LogP contribution >= 0.6 is 0 Å². The van der Waals surface area contributed by atoms with Gasteiger partial charge in [0, 0.05) is 6.42 Å². The zero-order valence-corrected chi connectivity index (χ0v) is 12.9. The Labute approximate surface area is 103 Å². The summed E-state index contributed by atoms with van der Waals surface area (Å²) in [5, 5.41) is -0.289. The second-order valence-electron chi connectivity index (χ2n) is 5.47. The van der Waals surface area contributed by atoms with Gasteiger partial charge in [-0.15, -0.1) is 0 Å². The third-order valence-corrected chi connectivity index (χ3v) is 12.1. The van der Waals surface area contributed by atoms with Crippen molar-refractivity contribution in [2.45, 2.75) is 63.2 Å². The number of hydrogen-bond donors (Lipinski definition) is 2. The minimum absolute atomic E-state index is 0.210. The number of halogens is 3. The van der Waals surface area contributed by atoms with E-state index >= 15 is 0 Å². The highest BCUT2D eigenvalue weighted by Crippen LogP contribution is 2.38. The molecule has 0 saturated carbocycles. The van der Waals surface area contributed by atoms with Crippen molar-refractivity contribution in [1.29, 1.82) is 0 Å². The molecule has 0 aliphatic heterocycles. The molecule has 0 heterocycles. The van der Waals surface area contributed by atoms with E-state index in [1.54, 1.807) is 19.6 Å². The van der Waals surface area contributed by atoms with Crippen molar-refractivity contribution in [1.82, 2.24) is 0 Å². The van der Waals surface area contributed by atoms with E-state index in [2.05, 4.69) is 0 Å². The third-order valence-electron chi connectivity index (χ3n) is 3.10. The molecule has 0 aromatic carbocycles. The summed E-state index contributed by atoms with van der Waals surface area (Å²) in [6.45, 7) is 6.86. The molecule has 104 valence electrons. The lowest BCUT2D eigenvalue weighted by molar-refractivity contribution is -0.131. The standard InChI is InChI=1S/C10H23F3O2Si2/c1-5-6-9(16(2,3)14)17(4,15)8-7-10(11,12)13/h9,14-15H,5-8H2,1-4H3. The topological polar surface area (TPSA) is 40.5 Å². The summed E-state index contributed by atoms with van der Waals surface area (Å²) in [5.74, 6) is 0. The average Bonchev–Trinajstić information content (AvgIpc) is 2.08. The molecule has 0 rings (SSSR count). The van der Waals surface area contributed by atoms with Crippen LogP contribution in [0.5, 0.6) is 0 Å². The molecule has 0 aromatic heterocycles. The van der Waals surface area contributed by atoms with Crippen LogP contribution in [0.25, 0.3) is 0 Å². The van der Waals surface area contributed by atoms with Gasteiger partial charge in [-0.25, -0.2) is 0 Å². The minimum Gasteiger partial charge on any atom is -0.432 e. The molecule has 0 amide bonds. The Bertz CT molecular complexity index is 237. The summed E-state index contributed by atoms with van der Waals surface area (Å²) in [6.07, 6.45) is -3.78. The summed E-state index contributed by atoms with van der Waals surface area (Å²) in [7, 11) is -5.60. The summed E-state index contributed by atoms with van der Waals surface area (Å²) < 4.78 is 36.6. The zero-order valence-electron chi connectivity index (χ0n) is 10.9. The molecule has 0 saturated heterocycles. The largest absolute Gasteiger partial charge is 0.432 e. The van der Waals surface area contributed by atoms with Gasteiger partial charge in [-0.05, 0) is 30.8 Å². The lowest BCUT2D eigenvalue weighted by Crippen LogP contribution is -2.50. The maximum absolute atomic E-state index is 12.2. The van der Waals surface area contributed by atoms with Crippen molar-refractivity contribution >= 4 is 16.6 Å². The van der Waals surface area contributed by atoms with E-state index in [1.165, 1.54) is 0 Å². The lowest BCUT2D eigenvalue weighted by Gasteiger charge is -2.37. The Kier molecular flexibility index (Phi) is 5.91. The summed E-state index contributed by atoms with van der Waals surface area (Å²) in [4.78, 5) is 20.4. The van der Waals surface area contributed by atoms with E-state index in [0.717, 1.165) is 6.42 Å². The lowest BCUT2D eigenvalue weighted by atomic mass is 10.4. The molecule has 17 heavy (non-hydrogen) atoms. The van der Waals surface area contributed by atoms with Crippen LogP contribution in [0, 0.1) is 0 Å². The predicted octanol–water partition coefficient (Wildman–Crippen LogP) is 3.41. The van der Waals surface area contributed by atoms with Gasteiger partial charge in [-0.2, -0.15) is 13.2 Å². The van der Waals surface area contributed by atoms with Gasteiger partial charge >= 0.3 is 6.18 Å². The van der Waals surface area contributed by atoms with Crippen molar-refractivity contribution in [3.8, 4) is 0 Å². The first-order valence-electron chi connectivity index (χ1n) is 5.91. The van der Waals surface area contributed by atoms with Crippen molar-refractivity contribution in [2.24, 2.45) is 0 Å². The maximum Gasteiger partial charge on any atom is 0.388 e. The van der Waals surface area contributed by atoms with E-state index in [-0.39, 0.29) is 11.2 Å². The molecule has 0 radical (unpaired) electrons. The number of hydrogen-bond acceptors (Lipinski definition) is 2. The van der Waals surface area contributed by atoms with E-state index in [0.29, 0.717) is 6.42 Å². The van der Waals surface area contributed by atoms with Gasteiger partial charge in [-0.1, -0.05) is 19.8 Å². The summed E-state index contributed by atoms with van der Waals surface area (Å²) >= 11 is 0. The van der Waals surface area contributed by atoms with Gasteiger partial charge in [0.05, 0.1) is 0 Å². The van der Waals surface area contributed by atoms with Crippen LogP contribution in [0.15, 0.2) is 0 Å². The fraction of sp³-hybridized carbons (Fsp3) is 1.00. The smallest absolute Gasteiger partial charge is 0.388 e. The van der Waals surface area contributed by atoms with Crippen LogP contribution in [-0.4, -0.2) is 32.4 Å². The van der Waals surface area contributed by atoms with Crippen LogP contribution in [-0.2, 0) is 0 Å². The molecular formula is C10H23F3O2Si2. The van der Waals surface area contributed by atoms with Crippen molar-refractivity contribution in [3.63, 3.8) is 0 Å².